The van der Waals surface area contributed by atoms with Gasteiger partial charge in [0.25, 0.3) is 0 Å². The van der Waals surface area contributed by atoms with Crippen molar-refractivity contribution in [2.24, 2.45) is 0 Å². The van der Waals surface area contributed by atoms with Gasteiger partial charge >= 0.3 is 0 Å². The Morgan fingerprint density at radius 3 is 3.15 bits per heavy atom. The molecule has 0 saturated heterocycles. The summed E-state index contributed by atoms with van der Waals surface area (Å²) < 4.78 is 14.0. The first-order chi connectivity index (χ1) is 9.69. The number of benzene rings is 1. The molecule has 1 unspecified atom stereocenters. The van der Waals surface area contributed by atoms with Gasteiger partial charge in [-0.05, 0) is 44.5 Å². The van der Waals surface area contributed by atoms with Crippen LogP contribution in [0.15, 0.2) is 18.2 Å². The molecule has 106 valence electrons. The Morgan fingerprint density at radius 1 is 1.50 bits per heavy atom. The number of fused-ring (bicyclic) bond motifs is 1. The number of rotatable bonds is 3. The number of hydrogen-bond donors (Lipinski definition) is 1. The monoisotopic (exact) mass is 310 g/mol. The normalized spacial score (nSPS) is 18.1. The van der Waals surface area contributed by atoms with E-state index in [1.165, 1.54) is 17.4 Å². The minimum absolute atomic E-state index is 0.259. The highest BCUT2D eigenvalue weighted by atomic mass is 35.5. The van der Waals surface area contributed by atoms with Crippen molar-refractivity contribution >= 4 is 22.9 Å². The van der Waals surface area contributed by atoms with Crippen LogP contribution in [0.3, 0.4) is 0 Å². The molecule has 0 radical (unpaired) electrons. The van der Waals surface area contributed by atoms with Crippen LogP contribution in [-0.2, 0) is 6.42 Å². The van der Waals surface area contributed by atoms with Crippen molar-refractivity contribution in [1.82, 2.24) is 10.3 Å². The van der Waals surface area contributed by atoms with Gasteiger partial charge in [0.1, 0.15) is 10.8 Å². The zero-order valence-electron chi connectivity index (χ0n) is 11.2. The number of halogens is 2. The Hall–Kier alpha value is -0.970. The fourth-order valence-electron chi connectivity index (χ4n) is 2.73. The molecule has 0 fully saturated rings. The van der Waals surface area contributed by atoms with Crippen molar-refractivity contribution < 1.29 is 4.39 Å². The molecule has 20 heavy (non-hydrogen) atoms. The molecule has 0 amide bonds. The van der Waals surface area contributed by atoms with Gasteiger partial charge in [-0.25, -0.2) is 9.37 Å². The number of thiazole rings is 1. The van der Waals surface area contributed by atoms with Gasteiger partial charge in [-0.15, -0.1) is 11.3 Å². The van der Waals surface area contributed by atoms with Crippen LogP contribution in [0.25, 0.3) is 10.6 Å². The highest BCUT2D eigenvalue weighted by molar-refractivity contribution is 7.15. The number of aromatic nitrogens is 1. The summed E-state index contributed by atoms with van der Waals surface area (Å²) >= 11 is 7.58. The number of nitrogens with one attached hydrogen (secondary N) is 1. The molecule has 1 aliphatic carbocycles. The van der Waals surface area contributed by atoms with E-state index >= 15 is 0 Å². The summed E-state index contributed by atoms with van der Waals surface area (Å²) in [4.78, 5) is 6.00. The van der Waals surface area contributed by atoms with Gasteiger partial charge in [-0.1, -0.05) is 11.6 Å². The molecule has 0 aliphatic heterocycles. The summed E-state index contributed by atoms with van der Waals surface area (Å²) in [6, 6.07) is 4.63. The first-order valence-corrected chi connectivity index (χ1v) is 7.98. The molecule has 1 heterocycles. The predicted molar refractivity (Wildman–Crippen MR) is 82.1 cm³/mol. The molecule has 1 aromatic heterocycles. The van der Waals surface area contributed by atoms with Gasteiger partial charge in [0.05, 0.1) is 5.69 Å². The second-order valence-corrected chi connectivity index (χ2v) is 6.62. The van der Waals surface area contributed by atoms with Gasteiger partial charge in [-0.3, -0.25) is 0 Å². The van der Waals surface area contributed by atoms with E-state index in [1.807, 2.05) is 7.05 Å². The van der Waals surface area contributed by atoms with Crippen LogP contribution in [0.2, 0.25) is 5.02 Å². The predicted octanol–water partition coefficient (Wildman–Crippen LogP) is 4.24. The van der Waals surface area contributed by atoms with Crippen LogP contribution in [0.1, 0.15) is 29.3 Å². The Labute approximate surface area is 127 Å². The first-order valence-electron chi connectivity index (χ1n) is 6.78. The van der Waals surface area contributed by atoms with Gasteiger partial charge in [0.15, 0.2) is 0 Å². The summed E-state index contributed by atoms with van der Waals surface area (Å²) in [5.41, 5.74) is 1.66. The summed E-state index contributed by atoms with van der Waals surface area (Å²) in [5, 5.41) is 4.51. The van der Waals surface area contributed by atoms with Gasteiger partial charge in [-0.2, -0.15) is 0 Å². The van der Waals surface area contributed by atoms with E-state index in [-0.39, 0.29) is 5.82 Å². The van der Waals surface area contributed by atoms with Crippen LogP contribution >= 0.6 is 22.9 Å². The smallest absolute Gasteiger partial charge is 0.133 e. The Kier molecular flexibility index (Phi) is 4.06. The quantitative estimate of drug-likeness (QED) is 0.917. The van der Waals surface area contributed by atoms with Crippen molar-refractivity contribution in [2.75, 3.05) is 13.6 Å². The average Bonchev–Trinajstić information content (AvgIpc) is 2.87. The Balaban J connectivity index is 2.02. The molecule has 1 atom stereocenters. The lowest BCUT2D eigenvalue weighted by Gasteiger charge is -2.20. The number of aryl methyl sites for hydroxylation is 1. The number of hydrogen-bond acceptors (Lipinski definition) is 3. The highest BCUT2D eigenvalue weighted by Crippen LogP contribution is 2.39. The van der Waals surface area contributed by atoms with Crippen molar-refractivity contribution in [3.8, 4) is 10.6 Å². The third-order valence-electron chi connectivity index (χ3n) is 3.68. The fraction of sp³-hybridized carbons (Fsp3) is 0.400. The molecule has 2 nitrogen and oxygen atoms in total. The summed E-state index contributed by atoms with van der Waals surface area (Å²) in [6.07, 6.45) is 3.38. The SMILES string of the molecule is CNCC1CCCc2sc(-c3cc(Cl)ccc3F)nc21. The molecular weight excluding hydrogens is 295 g/mol. The molecule has 0 spiro atoms. The second kappa shape index (κ2) is 5.80. The number of nitrogens with zero attached hydrogens (tertiary/aromatic N) is 1. The van der Waals surface area contributed by atoms with Crippen LogP contribution in [0, 0.1) is 5.82 Å². The highest BCUT2D eigenvalue weighted by Gasteiger charge is 2.25. The molecule has 2 aromatic rings. The molecule has 1 aliphatic rings. The minimum atomic E-state index is -0.259. The van der Waals surface area contributed by atoms with Crippen LogP contribution in [0.5, 0.6) is 0 Å². The molecule has 0 bridgehead atoms. The zero-order chi connectivity index (χ0) is 14.1. The van der Waals surface area contributed by atoms with E-state index in [1.54, 1.807) is 23.5 Å². The standard InChI is InChI=1S/C15H16ClFN2S/c1-18-8-9-3-2-4-13-14(9)19-15(20-13)11-7-10(16)5-6-12(11)17/h5-7,9,18H,2-4,8H2,1H3. The molecular formula is C15H16ClFN2S. The van der Waals surface area contributed by atoms with E-state index < -0.39 is 0 Å². The van der Waals surface area contributed by atoms with E-state index in [0.29, 0.717) is 16.5 Å². The Morgan fingerprint density at radius 2 is 2.35 bits per heavy atom. The topological polar surface area (TPSA) is 24.9 Å². The lowest BCUT2D eigenvalue weighted by Crippen LogP contribution is -2.20. The number of likely N-dealkylation sites (N-methyl/N-ethyl adjacent to an activating group) is 1. The first kappa shape index (κ1) is 14.0. The van der Waals surface area contributed by atoms with Crippen molar-refractivity contribution in [2.45, 2.75) is 25.2 Å². The van der Waals surface area contributed by atoms with Gasteiger partial charge in [0.2, 0.25) is 0 Å². The maximum atomic E-state index is 14.0. The molecule has 0 saturated carbocycles. The van der Waals surface area contributed by atoms with E-state index in [4.69, 9.17) is 16.6 Å². The van der Waals surface area contributed by atoms with Crippen molar-refractivity contribution in [1.29, 1.82) is 0 Å². The summed E-state index contributed by atoms with van der Waals surface area (Å²) in [7, 11) is 1.96. The molecule has 1 N–H and O–H groups in total. The maximum Gasteiger partial charge on any atom is 0.133 e. The lowest BCUT2D eigenvalue weighted by molar-refractivity contribution is 0.523. The fourth-order valence-corrected chi connectivity index (χ4v) is 4.11. The molecule has 1 aromatic carbocycles. The van der Waals surface area contributed by atoms with E-state index in [9.17, 15) is 4.39 Å². The third kappa shape index (κ3) is 2.60. The third-order valence-corrected chi connectivity index (χ3v) is 5.08. The van der Waals surface area contributed by atoms with Crippen molar-refractivity contribution in [3.63, 3.8) is 0 Å². The lowest BCUT2D eigenvalue weighted by atomic mass is 9.91. The van der Waals surface area contributed by atoms with Gasteiger partial charge < -0.3 is 5.32 Å². The van der Waals surface area contributed by atoms with Crippen LogP contribution < -0.4 is 5.32 Å². The Bertz CT molecular complexity index is 626. The zero-order valence-corrected chi connectivity index (χ0v) is 12.8. The second-order valence-electron chi connectivity index (χ2n) is 5.10. The average molecular weight is 311 g/mol. The largest absolute Gasteiger partial charge is 0.319 e. The maximum absolute atomic E-state index is 14.0. The van der Waals surface area contributed by atoms with E-state index in [0.717, 1.165) is 30.1 Å². The molecule has 5 heteroatoms. The van der Waals surface area contributed by atoms with Crippen molar-refractivity contribution in [3.05, 3.63) is 39.6 Å². The molecule has 3 rings (SSSR count). The van der Waals surface area contributed by atoms with Gasteiger partial charge in [0, 0.05) is 27.9 Å². The summed E-state index contributed by atoms with van der Waals surface area (Å²) in [6.45, 7) is 0.925. The summed E-state index contributed by atoms with van der Waals surface area (Å²) in [5.74, 6) is 0.182. The van der Waals surface area contributed by atoms with Crippen LogP contribution in [-0.4, -0.2) is 18.6 Å². The van der Waals surface area contributed by atoms with E-state index in [2.05, 4.69) is 5.32 Å². The van der Waals surface area contributed by atoms with Crippen LogP contribution in [0.4, 0.5) is 4.39 Å². The minimum Gasteiger partial charge on any atom is -0.319 e.